The summed E-state index contributed by atoms with van der Waals surface area (Å²) in [4.78, 5) is 18.2. The smallest absolute Gasteiger partial charge is 0.342 e. The van der Waals surface area contributed by atoms with Crippen molar-refractivity contribution in [3.63, 3.8) is 0 Å². The lowest BCUT2D eigenvalue weighted by molar-refractivity contribution is 0.0265. The first-order chi connectivity index (χ1) is 12.0. The van der Waals surface area contributed by atoms with Crippen LogP contribution in [0, 0.1) is 13.8 Å². The monoisotopic (exact) mass is 359 g/mol. The minimum Gasteiger partial charge on any atom is -0.449 e. The number of hydrogen-bond donors (Lipinski definition) is 0. The highest BCUT2D eigenvalue weighted by molar-refractivity contribution is 7.15. The van der Waals surface area contributed by atoms with E-state index in [-0.39, 0.29) is 5.97 Å². The maximum absolute atomic E-state index is 12.8. The molecule has 1 unspecified atom stereocenters. The molecule has 0 aliphatic heterocycles. The molecule has 132 valence electrons. The van der Waals surface area contributed by atoms with E-state index in [9.17, 15) is 4.79 Å². The van der Waals surface area contributed by atoms with Crippen molar-refractivity contribution in [1.29, 1.82) is 0 Å². The van der Waals surface area contributed by atoms with Gasteiger partial charge in [-0.2, -0.15) is 4.98 Å². The average molecular weight is 359 g/mol. The Bertz CT molecular complexity index is 864. The predicted octanol–water partition coefficient (Wildman–Crippen LogP) is 4.41. The molecular formula is C18H21N3O3S. The molecule has 0 bridgehead atoms. The van der Waals surface area contributed by atoms with Crippen molar-refractivity contribution in [2.24, 2.45) is 0 Å². The Labute approximate surface area is 150 Å². The van der Waals surface area contributed by atoms with Gasteiger partial charge in [-0.25, -0.2) is 4.79 Å². The quantitative estimate of drug-likeness (QED) is 0.610. The molecule has 0 N–H and O–H groups in total. The number of carbonyl (C=O) groups excluding carboxylic acids is 1. The first-order valence-electron chi connectivity index (χ1n) is 8.28. The van der Waals surface area contributed by atoms with Crippen LogP contribution in [0.3, 0.4) is 0 Å². The van der Waals surface area contributed by atoms with Crippen LogP contribution in [0.25, 0.3) is 5.00 Å². The Morgan fingerprint density at radius 2 is 2.08 bits per heavy atom. The largest absolute Gasteiger partial charge is 0.449 e. The zero-order chi connectivity index (χ0) is 18.0. The van der Waals surface area contributed by atoms with Gasteiger partial charge in [-0.15, -0.1) is 11.3 Å². The van der Waals surface area contributed by atoms with Gasteiger partial charge in [0.25, 0.3) is 5.89 Å². The standard InChI is InChI=1S/C18H21N3O3S/c1-5-8-14-19-16(24-20-14)12(3)23-18(22)15-11(2)13(4)25-17(15)21-9-6-7-10-21/h6-7,9-10,12H,5,8H2,1-4H3. The van der Waals surface area contributed by atoms with E-state index in [2.05, 4.69) is 10.1 Å². The fraction of sp³-hybridized carbons (Fsp3) is 0.389. The molecule has 0 spiro atoms. The lowest BCUT2D eigenvalue weighted by atomic mass is 10.1. The number of aryl methyl sites for hydroxylation is 2. The van der Waals surface area contributed by atoms with Crippen molar-refractivity contribution < 1.29 is 14.1 Å². The van der Waals surface area contributed by atoms with Crippen molar-refractivity contribution in [2.45, 2.75) is 46.6 Å². The summed E-state index contributed by atoms with van der Waals surface area (Å²) in [7, 11) is 0. The fourth-order valence-corrected chi connectivity index (χ4v) is 3.64. The molecule has 0 aliphatic carbocycles. The van der Waals surface area contributed by atoms with Crippen LogP contribution >= 0.6 is 11.3 Å². The molecule has 0 amide bonds. The van der Waals surface area contributed by atoms with Gasteiger partial charge in [-0.05, 0) is 44.9 Å². The molecule has 3 heterocycles. The van der Waals surface area contributed by atoms with Crippen LogP contribution in [0.15, 0.2) is 29.0 Å². The molecule has 7 heteroatoms. The van der Waals surface area contributed by atoms with E-state index in [4.69, 9.17) is 9.26 Å². The molecule has 0 radical (unpaired) electrons. The summed E-state index contributed by atoms with van der Waals surface area (Å²) >= 11 is 1.57. The molecule has 0 aliphatic rings. The Hall–Kier alpha value is -2.41. The van der Waals surface area contributed by atoms with Crippen molar-refractivity contribution in [2.75, 3.05) is 0 Å². The summed E-state index contributed by atoms with van der Waals surface area (Å²) in [6, 6.07) is 3.85. The summed E-state index contributed by atoms with van der Waals surface area (Å²) < 4.78 is 12.7. The van der Waals surface area contributed by atoms with Crippen LogP contribution in [0.4, 0.5) is 0 Å². The van der Waals surface area contributed by atoms with Crippen molar-refractivity contribution >= 4 is 17.3 Å². The number of ether oxygens (including phenoxy) is 1. The molecule has 0 saturated carbocycles. The number of aromatic nitrogens is 3. The molecule has 6 nitrogen and oxygen atoms in total. The number of rotatable bonds is 6. The van der Waals surface area contributed by atoms with Gasteiger partial charge in [0, 0.05) is 23.7 Å². The Kier molecular flexibility index (Phi) is 5.03. The van der Waals surface area contributed by atoms with Gasteiger partial charge >= 0.3 is 5.97 Å². The molecule has 1 atom stereocenters. The van der Waals surface area contributed by atoms with E-state index in [1.807, 2.05) is 49.9 Å². The van der Waals surface area contributed by atoms with E-state index in [0.717, 1.165) is 28.3 Å². The summed E-state index contributed by atoms with van der Waals surface area (Å²) in [5, 5.41) is 4.76. The van der Waals surface area contributed by atoms with Crippen LogP contribution < -0.4 is 0 Å². The first kappa shape index (κ1) is 17.4. The molecule has 0 fully saturated rings. The summed E-state index contributed by atoms with van der Waals surface area (Å²) in [6.45, 7) is 7.73. The van der Waals surface area contributed by atoms with Crippen LogP contribution in [-0.2, 0) is 11.2 Å². The zero-order valence-corrected chi connectivity index (χ0v) is 15.6. The van der Waals surface area contributed by atoms with Gasteiger partial charge in [0.15, 0.2) is 11.9 Å². The number of hydrogen-bond acceptors (Lipinski definition) is 6. The Morgan fingerprint density at radius 1 is 1.36 bits per heavy atom. The third-order valence-electron chi connectivity index (χ3n) is 4.00. The topological polar surface area (TPSA) is 70.2 Å². The second kappa shape index (κ2) is 7.23. The fourth-order valence-electron chi connectivity index (χ4n) is 2.53. The third kappa shape index (κ3) is 3.51. The third-order valence-corrected chi connectivity index (χ3v) is 5.22. The number of esters is 1. The number of thiophene rings is 1. The first-order valence-corrected chi connectivity index (χ1v) is 9.09. The minimum atomic E-state index is -0.595. The Morgan fingerprint density at radius 3 is 2.76 bits per heavy atom. The molecule has 25 heavy (non-hydrogen) atoms. The van der Waals surface area contributed by atoms with Gasteiger partial charge < -0.3 is 13.8 Å². The minimum absolute atomic E-state index is 0.323. The van der Waals surface area contributed by atoms with Gasteiger partial charge in [0.2, 0.25) is 0 Å². The molecule has 0 aromatic carbocycles. The zero-order valence-electron chi connectivity index (χ0n) is 14.8. The normalized spacial score (nSPS) is 12.3. The lowest BCUT2D eigenvalue weighted by Gasteiger charge is -2.11. The maximum Gasteiger partial charge on any atom is 0.342 e. The van der Waals surface area contributed by atoms with Crippen LogP contribution in [0.5, 0.6) is 0 Å². The van der Waals surface area contributed by atoms with Crippen LogP contribution in [0.1, 0.15) is 58.9 Å². The van der Waals surface area contributed by atoms with Crippen molar-refractivity contribution in [3.8, 4) is 5.00 Å². The summed E-state index contributed by atoms with van der Waals surface area (Å²) in [5.74, 6) is 0.577. The predicted molar refractivity (Wildman–Crippen MR) is 95.2 cm³/mol. The van der Waals surface area contributed by atoms with E-state index >= 15 is 0 Å². The average Bonchev–Trinajstić information content (AvgIpc) is 3.29. The van der Waals surface area contributed by atoms with Crippen LogP contribution in [-0.4, -0.2) is 20.7 Å². The molecular weight excluding hydrogens is 338 g/mol. The summed E-state index contributed by atoms with van der Waals surface area (Å²) in [5.41, 5.74) is 1.52. The SMILES string of the molecule is CCCc1noc(C(C)OC(=O)c2c(-n3cccc3)sc(C)c2C)n1. The van der Waals surface area contributed by atoms with E-state index in [0.29, 0.717) is 17.3 Å². The van der Waals surface area contributed by atoms with E-state index in [1.165, 1.54) is 0 Å². The van der Waals surface area contributed by atoms with Crippen molar-refractivity contribution in [3.05, 3.63) is 52.2 Å². The van der Waals surface area contributed by atoms with Gasteiger partial charge in [0.1, 0.15) is 5.00 Å². The molecule has 0 saturated heterocycles. The summed E-state index contributed by atoms with van der Waals surface area (Å²) in [6.07, 6.45) is 4.91. The van der Waals surface area contributed by atoms with Gasteiger partial charge in [-0.1, -0.05) is 12.1 Å². The van der Waals surface area contributed by atoms with E-state index < -0.39 is 6.10 Å². The maximum atomic E-state index is 12.8. The highest BCUT2D eigenvalue weighted by Gasteiger charge is 2.25. The number of nitrogens with zero attached hydrogens (tertiary/aromatic N) is 3. The van der Waals surface area contributed by atoms with Crippen LogP contribution in [0.2, 0.25) is 0 Å². The molecule has 3 rings (SSSR count). The van der Waals surface area contributed by atoms with E-state index in [1.54, 1.807) is 18.3 Å². The molecule has 3 aromatic rings. The second-order valence-electron chi connectivity index (χ2n) is 5.90. The van der Waals surface area contributed by atoms with Gasteiger partial charge in [0.05, 0.1) is 5.56 Å². The lowest BCUT2D eigenvalue weighted by Crippen LogP contribution is -2.12. The van der Waals surface area contributed by atoms with Gasteiger partial charge in [-0.3, -0.25) is 0 Å². The highest BCUT2D eigenvalue weighted by Crippen LogP contribution is 2.32. The Balaban J connectivity index is 1.83. The second-order valence-corrected chi connectivity index (χ2v) is 7.10. The molecule has 3 aromatic heterocycles. The highest BCUT2D eigenvalue weighted by atomic mass is 32.1. The number of carbonyl (C=O) groups is 1. The van der Waals surface area contributed by atoms with Crippen molar-refractivity contribution in [1.82, 2.24) is 14.7 Å².